The highest BCUT2D eigenvalue weighted by atomic mass is 32.1. The van der Waals surface area contributed by atoms with Crippen LogP contribution in [0.25, 0.3) is 21.3 Å². The van der Waals surface area contributed by atoms with E-state index in [9.17, 15) is 20.0 Å². The highest BCUT2D eigenvalue weighted by Crippen LogP contribution is 2.36. The van der Waals surface area contributed by atoms with Gasteiger partial charge in [-0.3, -0.25) is 15.4 Å². The van der Waals surface area contributed by atoms with Crippen LogP contribution in [0.15, 0.2) is 36.4 Å². The van der Waals surface area contributed by atoms with E-state index in [1.165, 1.54) is 23.5 Å². The number of amides is 1. The van der Waals surface area contributed by atoms with Gasteiger partial charge in [0.15, 0.2) is 5.13 Å². The molecule has 0 fully saturated rings. The van der Waals surface area contributed by atoms with Crippen molar-refractivity contribution in [3.8, 4) is 11.1 Å². The first-order valence-corrected chi connectivity index (χ1v) is 9.27. The largest absolute Gasteiger partial charge is 0.444 e. The van der Waals surface area contributed by atoms with E-state index >= 15 is 0 Å². The molecule has 2 N–H and O–H groups in total. The van der Waals surface area contributed by atoms with Crippen LogP contribution in [0.2, 0.25) is 0 Å². The molecule has 0 saturated carbocycles. The molecule has 0 unspecified atom stereocenters. The molecule has 0 saturated heterocycles. The van der Waals surface area contributed by atoms with Gasteiger partial charge < -0.3 is 9.84 Å². The average molecular weight is 401 g/mol. The molecule has 1 heterocycles. The number of carbonyl (C=O) groups is 1. The van der Waals surface area contributed by atoms with Gasteiger partial charge in [-0.2, -0.15) is 0 Å². The van der Waals surface area contributed by atoms with Gasteiger partial charge in [0.2, 0.25) is 0 Å². The average Bonchev–Trinajstić information content (AvgIpc) is 3.01. The molecule has 0 bridgehead atoms. The number of carbonyl (C=O) groups excluding carboxylic acids is 1. The van der Waals surface area contributed by atoms with Crippen molar-refractivity contribution in [3.05, 3.63) is 52.1 Å². The van der Waals surface area contributed by atoms with E-state index in [4.69, 9.17) is 4.74 Å². The van der Waals surface area contributed by atoms with Gasteiger partial charge in [-0.25, -0.2) is 9.78 Å². The highest BCUT2D eigenvalue weighted by Gasteiger charge is 2.19. The molecule has 0 aliphatic carbocycles. The maximum absolute atomic E-state index is 12.0. The zero-order valence-corrected chi connectivity index (χ0v) is 16.4. The van der Waals surface area contributed by atoms with Gasteiger partial charge in [0.1, 0.15) is 5.60 Å². The van der Waals surface area contributed by atoms with Gasteiger partial charge in [0.25, 0.3) is 5.69 Å². The zero-order chi connectivity index (χ0) is 20.5. The SMILES string of the molecule is CC(C)(C)OC(=O)Nc1nc2c(-c3cccc([N+](=O)[O-])c3)cc(CO)cc2s1. The molecule has 8 nitrogen and oxygen atoms in total. The molecular formula is C19H19N3O5S. The molecule has 1 amide bonds. The molecular weight excluding hydrogens is 382 g/mol. The summed E-state index contributed by atoms with van der Waals surface area (Å²) in [7, 11) is 0. The topological polar surface area (TPSA) is 115 Å². The fraction of sp³-hybridized carbons (Fsp3) is 0.263. The summed E-state index contributed by atoms with van der Waals surface area (Å²) in [6.45, 7) is 5.10. The van der Waals surface area contributed by atoms with Gasteiger partial charge in [0, 0.05) is 17.7 Å². The van der Waals surface area contributed by atoms with Gasteiger partial charge in [-0.1, -0.05) is 23.5 Å². The zero-order valence-electron chi connectivity index (χ0n) is 15.6. The summed E-state index contributed by atoms with van der Waals surface area (Å²) in [5, 5.41) is 23.6. The number of rotatable bonds is 4. The van der Waals surface area contributed by atoms with Crippen LogP contribution in [0.4, 0.5) is 15.6 Å². The van der Waals surface area contributed by atoms with Crippen molar-refractivity contribution in [2.24, 2.45) is 0 Å². The van der Waals surface area contributed by atoms with Crippen LogP contribution in [-0.4, -0.2) is 26.7 Å². The molecule has 1 aromatic heterocycles. The van der Waals surface area contributed by atoms with Crippen LogP contribution in [0, 0.1) is 10.1 Å². The fourth-order valence-corrected chi connectivity index (χ4v) is 3.57. The number of anilines is 1. The first-order chi connectivity index (χ1) is 13.2. The molecule has 0 radical (unpaired) electrons. The van der Waals surface area contributed by atoms with Crippen LogP contribution in [-0.2, 0) is 11.3 Å². The second-order valence-electron chi connectivity index (χ2n) is 7.10. The van der Waals surface area contributed by atoms with E-state index in [0.29, 0.717) is 27.3 Å². The number of aromatic nitrogens is 1. The second kappa shape index (κ2) is 7.53. The van der Waals surface area contributed by atoms with Gasteiger partial charge >= 0.3 is 6.09 Å². The molecule has 146 valence electrons. The Balaban J connectivity index is 2.05. The van der Waals surface area contributed by atoms with E-state index in [1.54, 1.807) is 45.0 Å². The summed E-state index contributed by atoms with van der Waals surface area (Å²) < 4.78 is 5.98. The number of non-ortho nitro benzene ring substituents is 1. The van der Waals surface area contributed by atoms with Crippen molar-refractivity contribution in [2.75, 3.05) is 5.32 Å². The number of benzene rings is 2. The monoisotopic (exact) mass is 401 g/mol. The molecule has 0 atom stereocenters. The first-order valence-electron chi connectivity index (χ1n) is 8.45. The number of nitro benzene ring substituents is 1. The van der Waals surface area contributed by atoms with Gasteiger partial charge in [-0.05, 0) is 44.0 Å². The van der Waals surface area contributed by atoms with E-state index < -0.39 is 16.6 Å². The lowest BCUT2D eigenvalue weighted by atomic mass is 10.0. The Morgan fingerprint density at radius 3 is 2.71 bits per heavy atom. The van der Waals surface area contributed by atoms with Crippen LogP contribution >= 0.6 is 11.3 Å². The lowest BCUT2D eigenvalue weighted by Crippen LogP contribution is -2.27. The number of fused-ring (bicyclic) bond motifs is 1. The third-order valence-electron chi connectivity index (χ3n) is 3.71. The number of ether oxygens (including phenoxy) is 1. The highest BCUT2D eigenvalue weighted by molar-refractivity contribution is 7.22. The Morgan fingerprint density at radius 1 is 1.32 bits per heavy atom. The van der Waals surface area contributed by atoms with E-state index in [-0.39, 0.29) is 12.3 Å². The lowest BCUT2D eigenvalue weighted by molar-refractivity contribution is -0.384. The Morgan fingerprint density at radius 2 is 2.07 bits per heavy atom. The molecule has 3 aromatic rings. The molecule has 28 heavy (non-hydrogen) atoms. The Labute approximate surface area is 164 Å². The predicted octanol–water partition coefficient (Wildman–Crippen LogP) is 4.71. The number of hydrogen-bond donors (Lipinski definition) is 2. The van der Waals surface area contributed by atoms with Crippen molar-refractivity contribution in [1.29, 1.82) is 0 Å². The van der Waals surface area contributed by atoms with Crippen molar-refractivity contribution in [2.45, 2.75) is 33.0 Å². The van der Waals surface area contributed by atoms with Crippen molar-refractivity contribution in [1.82, 2.24) is 4.98 Å². The molecule has 0 spiro atoms. The number of nitrogens with one attached hydrogen (secondary N) is 1. The van der Waals surface area contributed by atoms with E-state index in [2.05, 4.69) is 10.3 Å². The molecule has 3 rings (SSSR count). The number of thiazole rings is 1. The fourth-order valence-electron chi connectivity index (χ4n) is 2.63. The second-order valence-corrected chi connectivity index (χ2v) is 8.13. The number of nitrogens with zero attached hydrogens (tertiary/aromatic N) is 2. The summed E-state index contributed by atoms with van der Waals surface area (Å²) >= 11 is 1.23. The number of nitro groups is 1. The Hall–Kier alpha value is -3.04. The van der Waals surface area contributed by atoms with Crippen LogP contribution < -0.4 is 5.32 Å². The van der Waals surface area contributed by atoms with Crippen molar-refractivity contribution in [3.63, 3.8) is 0 Å². The molecule has 9 heteroatoms. The normalized spacial score (nSPS) is 11.4. The molecule has 0 aliphatic rings. The minimum Gasteiger partial charge on any atom is -0.444 e. The smallest absolute Gasteiger partial charge is 0.413 e. The maximum atomic E-state index is 12.0. The Kier molecular flexibility index (Phi) is 5.30. The number of aliphatic hydroxyl groups excluding tert-OH is 1. The number of aliphatic hydroxyl groups is 1. The predicted molar refractivity (Wildman–Crippen MR) is 107 cm³/mol. The summed E-state index contributed by atoms with van der Waals surface area (Å²) in [6.07, 6.45) is -0.620. The molecule has 0 aliphatic heterocycles. The summed E-state index contributed by atoms with van der Waals surface area (Å²) in [6, 6.07) is 9.70. The lowest BCUT2D eigenvalue weighted by Gasteiger charge is -2.18. The summed E-state index contributed by atoms with van der Waals surface area (Å²) in [5.41, 5.74) is 1.78. The van der Waals surface area contributed by atoms with Crippen molar-refractivity contribution >= 4 is 38.5 Å². The van der Waals surface area contributed by atoms with Gasteiger partial charge in [-0.15, -0.1) is 0 Å². The van der Waals surface area contributed by atoms with E-state index in [0.717, 1.165) is 4.70 Å². The van der Waals surface area contributed by atoms with Crippen LogP contribution in [0.5, 0.6) is 0 Å². The summed E-state index contributed by atoms with van der Waals surface area (Å²) in [5.74, 6) is 0. The van der Waals surface area contributed by atoms with Gasteiger partial charge in [0.05, 0.1) is 21.7 Å². The van der Waals surface area contributed by atoms with Crippen LogP contribution in [0.3, 0.4) is 0 Å². The third kappa shape index (κ3) is 4.44. The van der Waals surface area contributed by atoms with Crippen LogP contribution in [0.1, 0.15) is 26.3 Å². The van der Waals surface area contributed by atoms with Crippen molar-refractivity contribution < 1.29 is 19.6 Å². The van der Waals surface area contributed by atoms with E-state index in [1.807, 2.05) is 0 Å². The minimum absolute atomic E-state index is 0.0395. The number of hydrogen-bond acceptors (Lipinski definition) is 7. The first kappa shape index (κ1) is 19.7. The summed E-state index contributed by atoms with van der Waals surface area (Å²) in [4.78, 5) is 27.1. The quantitative estimate of drug-likeness (QED) is 0.483. The minimum atomic E-state index is -0.640. The third-order valence-corrected chi connectivity index (χ3v) is 4.63. The molecule has 2 aromatic carbocycles. The maximum Gasteiger partial charge on any atom is 0.413 e. The standard InChI is InChI=1S/C19H19N3O5S/c1-19(2,3)27-18(24)21-17-20-16-14(7-11(10-23)8-15(16)28-17)12-5-4-6-13(9-12)22(25)26/h4-9,23H,10H2,1-3H3,(H,20,21,24). The Bertz CT molecular complexity index is 1060.